The van der Waals surface area contributed by atoms with Crippen molar-refractivity contribution in [2.45, 2.75) is 39.3 Å². The Hall–Kier alpha value is -2.54. The molecule has 0 aliphatic rings. The van der Waals surface area contributed by atoms with Crippen molar-refractivity contribution in [2.75, 3.05) is 11.9 Å². The second-order valence-electron chi connectivity index (χ2n) is 7.11. The molecule has 1 heterocycles. The number of aromatic nitrogens is 1. The van der Waals surface area contributed by atoms with Gasteiger partial charge in [-0.2, -0.15) is 0 Å². The van der Waals surface area contributed by atoms with Crippen molar-refractivity contribution in [1.82, 2.24) is 4.57 Å². The lowest BCUT2D eigenvalue weighted by atomic mass is 10.1. The maximum absolute atomic E-state index is 13.2. The van der Waals surface area contributed by atoms with Crippen LogP contribution >= 0.6 is 23.2 Å². The molecule has 6 nitrogen and oxygen atoms in total. The molecule has 164 valence electrons. The minimum atomic E-state index is -0.288. The summed E-state index contributed by atoms with van der Waals surface area (Å²) in [4.78, 5) is 25.7. The first-order chi connectivity index (χ1) is 15.0. The molecule has 0 unspecified atom stereocenters. The Morgan fingerprint density at radius 3 is 2.45 bits per heavy atom. The topological polar surface area (TPSA) is 86.3 Å². The van der Waals surface area contributed by atoms with Crippen molar-refractivity contribution >= 4 is 45.6 Å². The van der Waals surface area contributed by atoms with Crippen LogP contribution in [0.2, 0.25) is 10.0 Å². The Morgan fingerprint density at radius 1 is 1.13 bits per heavy atom. The molecule has 0 fully saturated rings. The number of carbonyl (C=O) groups is 1. The molecule has 0 aliphatic carbocycles. The van der Waals surface area contributed by atoms with Gasteiger partial charge in [-0.1, -0.05) is 54.7 Å². The van der Waals surface area contributed by atoms with Crippen molar-refractivity contribution in [3.63, 3.8) is 0 Å². The number of pyridine rings is 1. The van der Waals surface area contributed by atoms with Crippen LogP contribution < -0.4 is 21.3 Å². The average Bonchev–Trinajstić information content (AvgIpc) is 2.76. The summed E-state index contributed by atoms with van der Waals surface area (Å²) < 4.78 is 7.53. The molecule has 0 spiro atoms. The molecule has 0 saturated heterocycles. The van der Waals surface area contributed by atoms with E-state index in [4.69, 9.17) is 33.7 Å². The highest BCUT2D eigenvalue weighted by atomic mass is 35.5. The quantitative estimate of drug-likeness (QED) is 0.440. The van der Waals surface area contributed by atoms with Gasteiger partial charge < -0.3 is 20.4 Å². The summed E-state index contributed by atoms with van der Waals surface area (Å²) in [6.45, 7) is 2.78. The first kappa shape index (κ1) is 23.1. The van der Waals surface area contributed by atoms with Gasteiger partial charge in [0.05, 0.1) is 27.7 Å². The van der Waals surface area contributed by atoms with Gasteiger partial charge >= 0.3 is 0 Å². The number of hydrogen-bond donors (Lipinski definition) is 2. The number of anilines is 1. The maximum Gasteiger partial charge on any atom is 0.258 e. The fourth-order valence-electron chi connectivity index (χ4n) is 3.33. The molecule has 0 aliphatic heterocycles. The number of carbonyl (C=O) groups excluding carboxylic acids is 1. The van der Waals surface area contributed by atoms with E-state index in [1.807, 2.05) is 18.2 Å². The van der Waals surface area contributed by atoms with Crippen molar-refractivity contribution < 1.29 is 9.53 Å². The molecule has 8 heteroatoms. The lowest BCUT2D eigenvalue weighted by Crippen LogP contribution is -2.28. The molecule has 3 N–H and O–H groups in total. The van der Waals surface area contributed by atoms with E-state index in [2.05, 4.69) is 12.2 Å². The molecule has 31 heavy (non-hydrogen) atoms. The Morgan fingerprint density at radius 2 is 1.81 bits per heavy atom. The predicted octanol–water partition coefficient (Wildman–Crippen LogP) is 4.97. The third-order valence-corrected chi connectivity index (χ3v) is 5.65. The average molecular weight is 462 g/mol. The highest BCUT2D eigenvalue weighted by molar-refractivity contribution is 6.42. The summed E-state index contributed by atoms with van der Waals surface area (Å²) in [5.74, 6) is 0.302. The molecule has 1 aromatic heterocycles. The van der Waals surface area contributed by atoms with E-state index in [0.717, 1.165) is 12.8 Å². The van der Waals surface area contributed by atoms with Crippen LogP contribution in [0.25, 0.3) is 10.8 Å². The van der Waals surface area contributed by atoms with Gasteiger partial charge in [0, 0.05) is 30.6 Å². The largest absolute Gasteiger partial charge is 0.491 e. The number of ether oxygens (including phenoxy) is 1. The number of nitrogens with one attached hydrogen (secondary N) is 1. The van der Waals surface area contributed by atoms with Gasteiger partial charge in [-0.3, -0.25) is 9.59 Å². The molecular weight excluding hydrogens is 437 g/mol. The zero-order valence-corrected chi connectivity index (χ0v) is 18.8. The van der Waals surface area contributed by atoms with Crippen LogP contribution in [0.3, 0.4) is 0 Å². The standard InChI is InChI=1S/C23H25Cl2N3O3/c1-2-3-11-31-22-16-12-18(24)19(25)13-17(16)23(30)28(20(22)14-26)10-9-21(29)27-15-7-5-4-6-8-15/h4-8,12-13H,2-3,9-11,14,26H2,1H3,(H,27,29). The van der Waals surface area contributed by atoms with Crippen LogP contribution in [-0.4, -0.2) is 17.1 Å². The van der Waals surface area contributed by atoms with E-state index >= 15 is 0 Å². The van der Waals surface area contributed by atoms with Gasteiger partial charge in [0.2, 0.25) is 5.91 Å². The number of nitrogens with zero attached hydrogens (tertiary/aromatic N) is 1. The van der Waals surface area contributed by atoms with E-state index in [1.54, 1.807) is 18.2 Å². The smallest absolute Gasteiger partial charge is 0.258 e. The highest BCUT2D eigenvalue weighted by Gasteiger charge is 2.19. The van der Waals surface area contributed by atoms with Crippen LogP contribution in [0.1, 0.15) is 31.9 Å². The number of nitrogens with two attached hydrogens (primary N) is 1. The van der Waals surface area contributed by atoms with E-state index in [9.17, 15) is 9.59 Å². The summed E-state index contributed by atoms with van der Waals surface area (Å²) in [5.41, 5.74) is 6.95. The van der Waals surface area contributed by atoms with Gasteiger partial charge in [0.25, 0.3) is 5.56 Å². The molecule has 0 saturated carbocycles. The van der Waals surface area contributed by atoms with Crippen molar-refractivity contribution in [2.24, 2.45) is 5.73 Å². The molecule has 3 rings (SSSR count). The fraction of sp³-hybridized carbons (Fsp3) is 0.304. The highest BCUT2D eigenvalue weighted by Crippen LogP contribution is 2.34. The van der Waals surface area contributed by atoms with Gasteiger partial charge in [-0.05, 0) is 30.7 Å². The van der Waals surface area contributed by atoms with E-state index in [-0.39, 0.29) is 36.0 Å². The molecule has 0 bridgehead atoms. The Labute approximate surface area is 190 Å². The summed E-state index contributed by atoms with van der Waals surface area (Å²) in [6, 6.07) is 12.3. The number of hydrogen-bond acceptors (Lipinski definition) is 4. The molecule has 1 amide bonds. The Balaban J connectivity index is 1.99. The summed E-state index contributed by atoms with van der Waals surface area (Å²) >= 11 is 12.4. The number of rotatable bonds is 9. The first-order valence-electron chi connectivity index (χ1n) is 10.2. The van der Waals surface area contributed by atoms with Crippen molar-refractivity contribution in [3.05, 3.63) is 68.6 Å². The number of unbranched alkanes of at least 4 members (excludes halogenated alkanes) is 1. The van der Waals surface area contributed by atoms with Crippen LogP contribution in [0, 0.1) is 0 Å². The van der Waals surface area contributed by atoms with Crippen molar-refractivity contribution in [1.29, 1.82) is 0 Å². The minimum Gasteiger partial charge on any atom is -0.491 e. The van der Waals surface area contributed by atoms with Crippen molar-refractivity contribution in [3.8, 4) is 5.75 Å². The molecule has 2 aromatic carbocycles. The fourth-order valence-corrected chi connectivity index (χ4v) is 3.66. The zero-order valence-electron chi connectivity index (χ0n) is 17.3. The number of fused-ring (bicyclic) bond motifs is 1. The summed E-state index contributed by atoms with van der Waals surface area (Å²) in [7, 11) is 0. The van der Waals surface area contributed by atoms with Crippen LogP contribution in [-0.2, 0) is 17.9 Å². The van der Waals surface area contributed by atoms with Gasteiger partial charge in [-0.25, -0.2) is 0 Å². The second-order valence-corrected chi connectivity index (χ2v) is 7.93. The lowest BCUT2D eigenvalue weighted by Gasteiger charge is -2.19. The van der Waals surface area contributed by atoms with E-state index in [1.165, 1.54) is 10.6 Å². The van der Waals surface area contributed by atoms with Crippen LogP contribution in [0.4, 0.5) is 5.69 Å². The second kappa shape index (κ2) is 10.7. The normalized spacial score (nSPS) is 11.0. The Bertz CT molecular complexity index is 1130. The Kier molecular flexibility index (Phi) is 7.96. The van der Waals surface area contributed by atoms with Gasteiger partial charge in [0.1, 0.15) is 5.75 Å². The molecule has 0 atom stereocenters. The van der Waals surface area contributed by atoms with Crippen LogP contribution in [0.15, 0.2) is 47.3 Å². The maximum atomic E-state index is 13.2. The lowest BCUT2D eigenvalue weighted by molar-refractivity contribution is -0.116. The van der Waals surface area contributed by atoms with Gasteiger partial charge in [-0.15, -0.1) is 0 Å². The minimum absolute atomic E-state index is 0.0766. The summed E-state index contributed by atoms with van der Waals surface area (Å²) in [5, 5.41) is 4.38. The number of para-hydroxylation sites is 1. The summed E-state index contributed by atoms with van der Waals surface area (Å²) in [6.07, 6.45) is 1.91. The molecule has 3 aromatic rings. The third kappa shape index (κ3) is 5.39. The van der Waals surface area contributed by atoms with Crippen LogP contribution in [0.5, 0.6) is 5.75 Å². The van der Waals surface area contributed by atoms with E-state index in [0.29, 0.717) is 39.5 Å². The number of amides is 1. The molecule has 0 radical (unpaired) electrons. The SMILES string of the molecule is CCCCOc1c(CN)n(CCC(=O)Nc2ccccc2)c(=O)c2cc(Cl)c(Cl)cc12. The monoisotopic (exact) mass is 461 g/mol. The zero-order chi connectivity index (χ0) is 22.4. The van der Waals surface area contributed by atoms with Gasteiger partial charge in [0.15, 0.2) is 0 Å². The third-order valence-electron chi connectivity index (χ3n) is 4.93. The van der Waals surface area contributed by atoms with E-state index < -0.39 is 0 Å². The number of benzene rings is 2. The predicted molar refractivity (Wildman–Crippen MR) is 126 cm³/mol. The molecular formula is C23H25Cl2N3O3. The number of halogens is 2. The first-order valence-corrected chi connectivity index (χ1v) is 10.9.